The Kier molecular flexibility index (Phi) is 3.08. The third kappa shape index (κ3) is 2.69. The molecule has 0 saturated heterocycles. The minimum absolute atomic E-state index is 0.241. The van der Waals surface area contributed by atoms with Crippen molar-refractivity contribution in [1.82, 2.24) is 9.61 Å². The number of hydrogen-bond donors (Lipinski definition) is 0. The van der Waals surface area contributed by atoms with Crippen molar-refractivity contribution in [3.8, 4) is 16.9 Å². The molecule has 0 unspecified atom stereocenters. The molecular formula is C15H11F3N2O. The highest BCUT2D eigenvalue weighted by atomic mass is 19.4. The van der Waals surface area contributed by atoms with Crippen LogP contribution in [0.3, 0.4) is 0 Å². The first-order valence-corrected chi connectivity index (χ1v) is 6.24. The predicted octanol–water partition coefficient (Wildman–Crippen LogP) is 4.21. The lowest BCUT2D eigenvalue weighted by Crippen LogP contribution is -2.17. The Morgan fingerprint density at radius 3 is 2.67 bits per heavy atom. The van der Waals surface area contributed by atoms with Crippen LogP contribution in [0.5, 0.6) is 5.75 Å². The highest BCUT2D eigenvalue weighted by Crippen LogP contribution is 2.32. The van der Waals surface area contributed by atoms with Gasteiger partial charge in [-0.1, -0.05) is 18.2 Å². The first-order valence-electron chi connectivity index (χ1n) is 6.24. The third-order valence-electron chi connectivity index (χ3n) is 3.07. The van der Waals surface area contributed by atoms with Gasteiger partial charge in [0.25, 0.3) is 0 Å². The average Bonchev–Trinajstić information content (AvgIpc) is 2.72. The standard InChI is InChI=1S/C15H11F3N2O/c1-10-14(13-7-2-3-8-20(13)19-10)11-5-4-6-12(9-11)21-15(16,17)18/h2-9H,1H3. The Labute approximate surface area is 118 Å². The monoisotopic (exact) mass is 292 g/mol. The lowest BCUT2D eigenvalue weighted by molar-refractivity contribution is -0.274. The topological polar surface area (TPSA) is 26.5 Å². The van der Waals surface area contributed by atoms with Gasteiger partial charge >= 0.3 is 6.36 Å². The molecule has 0 aliphatic heterocycles. The number of halogens is 3. The summed E-state index contributed by atoms with van der Waals surface area (Å²) in [5, 5.41) is 4.35. The van der Waals surface area contributed by atoms with E-state index in [1.807, 2.05) is 25.1 Å². The second-order valence-corrected chi connectivity index (χ2v) is 4.57. The molecule has 108 valence electrons. The van der Waals surface area contributed by atoms with E-state index in [9.17, 15) is 13.2 Å². The van der Waals surface area contributed by atoms with E-state index in [1.165, 1.54) is 18.2 Å². The summed E-state index contributed by atoms with van der Waals surface area (Å²) in [7, 11) is 0. The smallest absolute Gasteiger partial charge is 0.406 e. The molecule has 0 fully saturated rings. The number of fused-ring (bicyclic) bond motifs is 1. The first kappa shape index (κ1) is 13.5. The summed E-state index contributed by atoms with van der Waals surface area (Å²) in [4.78, 5) is 0. The summed E-state index contributed by atoms with van der Waals surface area (Å²) in [6.45, 7) is 1.82. The van der Waals surface area contributed by atoms with E-state index < -0.39 is 6.36 Å². The average molecular weight is 292 g/mol. The fourth-order valence-electron chi connectivity index (χ4n) is 2.32. The van der Waals surface area contributed by atoms with Crippen LogP contribution in [0.1, 0.15) is 5.69 Å². The zero-order chi connectivity index (χ0) is 15.0. The van der Waals surface area contributed by atoms with Crippen LogP contribution in [-0.2, 0) is 0 Å². The Hall–Kier alpha value is -2.50. The van der Waals surface area contributed by atoms with Crippen molar-refractivity contribution < 1.29 is 17.9 Å². The van der Waals surface area contributed by atoms with Gasteiger partial charge in [-0.3, -0.25) is 0 Å². The van der Waals surface area contributed by atoms with Gasteiger partial charge in [0.2, 0.25) is 0 Å². The lowest BCUT2D eigenvalue weighted by Gasteiger charge is -2.10. The molecular weight excluding hydrogens is 281 g/mol. The highest BCUT2D eigenvalue weighted by Gasteiger charge is 2.31. The van der Waals surface area contributed by atoms with E-state index in [1.54, 1.807) is 16.8 Å². The molecule has 1 aromatic carbocycles. The van der Waals surface area contributed by atoms with E-state index in [-0.39, 0.29) is 5.75 Å². The summed E-state index contributed by atoms with van der Waals surface area (Å²) < 4.78 is 42.6. The number of ether oxygens (including phenoxy) is 1. The third-order valence-corrected chi connectivity index (χ3v) is 3.07. The summed E-state index contributed by atoms with van der Waals surface area (Å²) >= 11 is 0. The zero-order valence-corrected chi connectivity index (χ0v) is 11.1. The highest BCUT2D eigenvalue weighted by molar-refractivity contribution is 5.82. The fourth-order valence-corrected chi connectivity index (χ4v) is 2.32. The van der Waals surface area contributed by atoms with Crippen molar-refractivity contribution in [2.24, 2.45) is 0 Å². The molecule has 2 heterocycles. The normalized spacial score (nSPS) is 11.8. The first-order chi connectivity index (χ1) is 9.94. The molecule has 3 nitrogen and oxygen atoms in total. The molecule has 0 bridgehead atoms. The lowest BCUT2D eigenvalue weighted by atomic mass is 10.0. The van der Waals surface area contributed by atoms with E-state index in [0.29, 0.717) is 5.56 Å². The van der Waals surface area contributed by atoms with E-state index in [4.69, 9.17) is 0 Å². The van der Waals surface area contributed by atoms with E-state index in [0.717, 1.165) is 16.8 Å². The molecule has 0 radical (unpaired) electrons. The number of hydrogen-bond acceptors (Lipinski definition) is 2. The number of aryl methyl sites for hydroxylation is 1. The van der Waals surface area contributed by atoms with Gasteiger partial charge in [0.05, 0.1) is 11.2 Å². The number of benzene rings is 1. The van der Waals surface area contributed by atoms with Gasteiger partial charge in [-0.25, -0.2) is 4.52 Å². The Morgan fingerprint density at radius 1 is 1.10 bits per heavy atom. The summed E-state index contributed by atoms with van der Waals surface area (Å²) in [5.74, 6) is -0.241. The van der Waals surface area contributed by atoms with Crippen LogP contribution in [0.2, 0.25) is 0 Å². The maximum atomic E-state index is 12.3. The van der Waals surface area contributed by atoms with Crippen molar-refractivity contribution in [3.05, 3.63) is 54.4 Å². The second kappa shape index (κ2) is 4.80. The predicted molar refractivity (Wildman–Crippen MR) is 72.0 cm³/mol. The van der Waals surface area contributed by atoms with Gasteiger partial charge in [-0.05, 0) is 36.8 Å². The van der Waals surface area contributed by atoms with Crippen molar-refractivity contribution in [1.29, 1.82) is 0 Å². The fraction of sp³-hybridized carbons (Fsp3) is 0.133. The Morgan fingerprint density at radius 2 is 1.90 bits per heavy atom. The summed E-state index contributed by atoms with van der Waals surface area (Å²) in [6, 6.07) is 11.5. The number of rotatable bonds is 2. The summed E-state index contributed by atoms with van der Waals surface area (Å²) in [5.41, 5.74) is 3.00. The zero-order valence-electron chi connectivity index (χ0n) is 11.1. The molecule has 6 heteroatoms. The van der Waals surface area contributed by atoms with Crippen LogP contribution in [0, 0.1) is 6.92 Å². The van der Waals surface area contributed by atoms with Crippen LogP contribution >= 0.6 is 0 Å². The number of alkyl halides is 3. The Balaban J connectivity index is 2.11. The van der Waals surface area contributed by atoms with E-state index in [2.05, 4.69) is 9.84 Å². The van der Waals surface area contributed by atoms with Gasteiger partial charge < -0.3 is 4.74 Å². The molecule has 3 rings (SSSR count). The SMILES string of the molecule is Cc1nn2ccccc2c1-c1cccc(OC(F)(F)F)c1. The van der Waals surface area contributed by atoms with Crippen LogP contribution in [-0.4, -0.2) is 16.0 Å². The van der Waals surface area contributed by atoms with Crippen LogP contribution in [0.4, 0.5) is 13.2 Å². The van der Waals surface area contributed by atoms with Crippen molar-refractivity contribution in [3.63, 3.8) is 0 Å². The number of pyridine rings is 1. The molecule has 0 aliphatic carbocycles. The van der Waals surface area contributed by atoms with Crippen molar-refractivity contribution in [2.75, 3.05) is 0 Å². The van der Waals surface area contributed by atoms with Gasteiger partial charge in [-0.15, -0.1) is 13.2 Å². The molecule has 2 aromatic heterocycles. The van der Waals surface area contributed by atoms with Crippen molar-refractivity contribution >= 4 is 5.52 Å². The summed E-state index contributed by atoms with van der Waals surface area (Å²) in [6.07, 6.45) is -2.91. The molecule has 0 N–H and O–H groups in total. The maximum absolute atomic E-state index is 12.3. The van der Waals surface area contributed by atoms with Gasteiger partial charge in [0, 0.05) is 11.8 Å². The number of aromatic nitrogens is 2. The van der Waals surface area contributed by atoms with Gasteiger partial charge in [0.15, 0.2) is 0 Å². The molecule has 0 spiro atoms. The van der Waals surface area contributed by atoms with Crippen LogP contribution in [0.15, 0.2) is 48.7 Å². The largest absolute Gasteiger partial charge is 0.573 e. The minimum atomic E-state index is -4.70. The molecule has 3 aromatic rings. The molecule has 21 heavy (non-hydrogen) atoms. The molecule has 0 saturated carbocycles. The minimum Gasteiger partial charge on any atom is -0.406 e. The molecule has 0 aliphatic rings. The maximum Gasteiger partial charge on any atom is 0.573 e. The van der Waals surface area contributed by atoms with E-state index >= 15 is 0 Å². The quantitative estimate of drug-likeness (QED) is 0.707. The van der Waals surface area contributed by atoms with Gasteiger partial charge in [0.1, 0.15) is 5.75 Å². The van der Waals surface area contributed by atoms with Crippen LogP contribution < -0.4 is 4.74 Å². The van der Waals surface area contributed by atoms with Crippen LogP contribution in [0.25, 0.3) is 16.6 Å². The second-order valence-electron chi connectivity index (χ2n) is 4.57. The van der Waals surface area contributed by atoms with Crippen molar-refractivity contribution in [2.45, 2.75) is 13.3 Å². The molecule has 0 atom stereocenters. The van der Waals surface area contributed by atoms with Gasteiger partial charge in [-0.2, -0.15) is 5.10 Å². The number of nitrogens with zero attached hydrogens (tertiary/aromatic N) is 2. The Bertz CT molecular complexity index is 793. The molecule has 0 amide bonds.